The van der Waals surface area contributed by atoms with Crippen LogP contribution in [0.1, 0.15) is 0 Å². The molecule has 0 radical (unpaired) electrons. The van der Waals surface area contributed by atoms with Gasteiger partial charge in [0.2, 0.25) is 0 Å². The quantitative estimate of drug-likeness (QED) is 0.176. The average Bonchev–Trinajstić information content (AvgIpc) is 3.83. The second-order valence-electron chi connectivity index (χ2n) is 15.0. The molecule has 0 N–H and O–H groups in total. The summed E-state index contributed by atoms with van der Waals surface area (Å²) in [6.07, 6.45) is 0. The number of benzene rings is 7. The molecule has 6 nitrogen and oxygen atoms in total. The molecule has 2 aliphatic heterocycles. The van der Waals surface area contributed by atoms with Gasteiger partial charge in [-0.05, 0) is 84.9 Å². The summed E-state index contributed by atoms with van der Waals surface area (Å²) in [5.41, 5.74) is 8.86. The standard InChI is InChI=1S/C52H32N6S2/c1-3-17-37-33(15-1)35-31-32-36-34-16-2-4-18-38(34)58(50-30-14-28-48(54-50)56-41-21-7-11-25-45(41)60-46-26-12-8-22-42(46)56)52(36)51(35)57(37)49-29-13-27-47(53-49)55-39-19-5-9-23-43(39)59-44-24-10-6-20-40(44)55/h1-32H. The molecule has 0 fully saturated rings. The molecule has 11 aromatic rings. The van der Waals surface area contributed by atoms with E-state index in [4.69, 9.17) is 9.97 Å². The number of rotatable bonds is 4. The molecule has 2 aliphatic rings. The lowest BCUT2D eigenvalue weighted by atomic mass is 10.1. The molecule has 0 aliphatic carbocycles. The van der Waals surface area contributed by atoms with Crippen molar-refractivity contribution in [2.24, 2.45) is 0 Å². The van der Waals surface area contributed by atoms with Crippen molar-refractivity contribution in [1.82, 2.24) is 19.1 Å². The molecule has 60 heavy (non-hydrogen) atoms. The van der Waals surface area contributed by atoms with Gasteiger partial charge in [0.15, 0.2) is 0 Å². The van der Waals surface area contributed by atoms with Crippen molar-refractivity contribution in [3.05, 3.63) is 194 Å². The zero-order valence-electron chi connectivity index (χ0n) is 32.0. The zero-order chi connectivity index (χ0) is 39.3. The summed E-state index contributed by atoms with van der Waals surface area (Å²) in [6.45, 7) is 0. The molecular weight excluding hydrogens is 773 g/mol. The van der Waals surface area contributed by atoms with Crippen molar-refractivity contribution in [1.29, 1.82) is 0 Å². The molecule has 0 spiro atoms. The van der Waals surface area contributed by atoms with Crippen LogP contribution in [0.3, 0.4) is 0 Å². The van der Waals surface area contributed by atoms with Crippen molar-refractivity contribution in [3.63, 3.8) is 0 Å². The average molecular weight is 805 g/mol. The first-order valence-corrected chi connectivity index (χ1v) is 21.6. The Labute approximate surface area is 354 Å². The molecule has 0 amide bonds. The van der Waals surface area contributed by atoms with Gasteiger partial charge in [-0.25, -0.2) is 9.97 Å². The van der Waals surface area contributed by atoms with E-state index in [-0.39, 0.29) is 0 Å². The van der Waals surface area contributed by atoms with Crippen molar-refractivity contribution < 1.29 is 0 Å². The Balaban J connectivity index is 1.08. The lowest BCUT2D eigenvalue weighted by molar-refractivity contribution is 1.03. The first-order chi connectivity index (χ1) is 29.8. The van der Waals surface area contributed by atoms with Gasteiger partial charge in [-0.1, -0.05) is 133 Å². The largest absolute Gasteiger partial charge is 0.293 e. The van der Waals surface area contributed by atoms with E-state index in [0.717, 1.165) is 78.9 Å². The van der Waals surface area contributed by atoms with Gasteiger partial charge in [0.25, 0.3) is 0 Å². The third kappa shape index (κ3) is 4.92. The lowest BCUT2D eigenvalue weighted by Gasteiger charge is -2.32. The van der Waals surface area contributed by atoms with E-state index < -0.39 is 0 Å². The van der Waals surface area contributed by atoms with Crippen molar-refractivity contribution >= 4 is 102 Å². The molecule has 0 saturated carbocycles. The predicted molar refractivity (Wildman–Crippen MR) is 248 cm³/mol. The number of anilines is 6. The van der Waals surface area contributed by atoms with Crippen LogP contribution in [0.5, 0.6) is 0 Å². The highest BCUT2D eigenvalue weighted by Gasteiger charge is 2.29. The van der Waals surface area contributed by atoms with Crippen LogP contribution in [0.4, 0.5) is 34.4 Å². The number of aromatic nitrogens is 4. The van der Waals surface area contributed by atoms with Gasteiger partial charge in [-0.2, -0.15) is 0 Å². The summed E-state index contributed by atoms with van der Waals surface area (Å²) in [7, 11) is 0. The number of fused-ring (bicyclic) bond motifs is 11. The minimum Gasteiger partial charge on any atom is -0.293 e. The Bertz CT molecular complexity index is 3230. The third-order valence-electron chi connectivity index (χ3n) is 11.7. The first-order valence-electron chi connectivity index (χ1n) is 20.0. The van der Waals surface area contributed by atoms with Crippen LogP contribution >= 0.6 is 23.5 Å². The molecule has 7 aromatic carbocycles. The van der Waals surface area contributed by atoms with Gasteiger partial charge in [0.1, 0.15) is 23.3 Å². The Morgan fingerprint density at radius 1 is 0.283 bits per heavy atom. The van der Waals surface area contributed by atoms with E-state index in [1.54, 1.807) is 23.5 Å². The summed E-state index contributed by atoms with van der Waals surface area (Å²) in [4.78, 5) is 20.6. The Hall–Kier alpha value is -7.26. The highest BCUT2D eigenvalue weighted by molar-refractivity contribution is 8.00. The highest BCUT2D eigenvalue weighted by atomic mass is 32.2. The molecule has 0 saturated heterocycles. The van der Waals surface area contributed by atoms with E-state index in [2.05, 4.69) is 213 Å². The van der Waals surface area contributed by atoms with Crippen molar-refractivity contribution in [2.75, 3.05) is 9.80 Å². The van der Waals surface area contributed by atoms with Gasteiger partial charge in [0, 0.05) is 41.1 Å². The SMILES string of the molecule is c1cc(N2c3ccccc3Sc3ccccc32)nc(-n2c3ccccc3c3ccc4c5ccccc5n(-c5cccc(N6c7ccccc7Sc7ccccc76)n5)c4c32)c1. The normalized spacial score (nSPS) is 13.1. The smallest absolute Gasteiger partial charge is 0.140 e. The van der Waals surface area contributed by atoms with E-state index in [1.165, 1.54) is 30.4 Å². The summed E-state index contributed by atoms with van der Waals surface area (Å²) in [6, 6.07) is 69.2. The molecular formula is C52H32N6S2. The summed E-state index contributed by atoms with van der Waals surface area (Å²) in [5.74, 6) is 3.41. The first kappa shape index (κ1) is 33.7. The Kier molecular flexibility index (Phi) is 7.37. The van der Waals surface area contributed by atoms with Crippen LogP contribution in [0.2, 0.25) is 0 Å². The Morgan fingerprint density at radius 3 is 1.02 bits per heavy atom. The number of nitrogens with zero attached hydrogens (tertiary/aromatic N) is 6. The second kappa shape index (κ2) is 13.1. The van der Waals surface area contributed by atoms with Gasteiger partial charge >= 0.3 is 0 Å². The zero-order valence-corrected chi connectivity index (χ0v) is 33.6. The third-order valence-corrected chi connectivity index (χ3v) is 13.9. The topological polar surface area (TPSA) is 42.1 Å². The minimum absolute atomic E-state index is 0.844. The maximum atomic E-state index is 5.56. The number of hydrogen-bond acceptors (Lipinski definition) is 6. The Morgan fingerprint density at radius 2 is 0.617 bits per heavy atom. The van der Waals surface area contributed by atoms with E-state index >= 15 is 0 Å². The molecule has 0 atom stereocenters. The fourth-order valence-electron chi connectivity index (χ4n) is 9.20. The van der Waals surface area contributed by atoms with E-state index in [9.17, 15) is 0 Å². The van der Waals surface area contributed by atoms with Crippen LogP contribution in [0, 0.1) is 0 Å². The van der Waals surface area contributed by atoms with Crippen LogP contribution in [0.15, 0.2) is 214 Å². The minimum atomic E-state index is 0.844. The molecule has 8 heteroatoms. The lowest BCUT2D eigenvalue weighted by Crippen LogP contribution is -2.16. The fraction of sp³-hybridized carbons (Fsp3) is 0. The molecule has 0 unspecified atom stereocenters. The van der Waals surface area contributed by atoms with Crippen molar-refractivity contribution in [3.8, 4) is 11.6 Å². The highest BCUT2D eigenvalue weighted by Crippen LogP contribution is 2.52. The number of hydrogen-bond donors (Lipinski definition) is 0. The molecule has 282 valence electrons. The monoisotopic (exact) mass is 804 g/mol. The summed E-state index contributed by atoms with van der Waals surface area (Å²) in [5, 5.41) is 4.66. The van der Waals surface area contributed by atoms with Gasteiger partial charge < -0.3 is 0 Å². The van der Waals surface area contributed by atoms with E-state index in [0.29, 0.717) is 0 Å². The van der Waals surface area contributed by atoms with Gasteiger partial charge in [-0.3, -0.25) is 18.9 Å². The van der Waals surface area contributed by atoms with Crippen LogP contribution in [0.25, 0.3) is 55.2 Å². The van der Waals surface area contributed by atoms with Crippen LogP contribution in [-0.4, -0.2) is 19.1 Å². The number of para-hydroxylation sites is 6. The maximum Gasteiger partial charge on any atom is 0.140 e. The molecule has 4 aromatic heterocycles. The summed E-state index contributed by atoms with van der Waals surface area (Å²) >= 11 is 3.61. The van der Waals surface area contributed by atoms with Gasteiger partial charge in [0.05, 0.1) is 44.8 Å². The van der Waals surface area contributed by atoms with E-state index in [1.807, 2.05) is 0 Å². The summed E-state index contributed by atoms with van der Waals surface area (Å²) < 4.78 is 4.72. The molecule has 6 heterocycles. The molecule has 0 bridgehead atoms. The van der Waals surface area contributed by atoms with Crippen molar-refractivity contribution in [2.45, 2.75) is 19.6 Å². The molecule has 13 rings (SSSR count). The number of pyridine rings is 2. The fourth-order valence-corrected chi connectivity index (χ4v) is 11.3. The van der Waals surface area contributed by atoms with Gasteiger partial charge in [-0.15, -0.1) is 0 Å². The van der Waals surface area contributed by atoms with Crippen LogP contribution in [-0.2, 0) is 0 Å². The second-order valence-corrected chi connectivity index (χ2v) is 17.2. The predicted octanol–water partition coefficient (Wildman–Crippen LogP) is 14.5. The maximum absolute atomic E-state index is 5.56. The van der Waals surface area contributed by atoms with Crippen LogP contribution < -0.4 is 9.80 Å².